The normalized spacial score (nSPS) is 23.3. The lowest BCUT2D eigenvalue weighted by Crippen LogP contribution is -2.38. The van der Waals surface area contributed by atoms with Gasteiger partial charge in [-0.15, -0.1) is 0 Å². The van der Waals surface area contributed by atoms with Crippen LogP contribution in [0, 0.1) is 6.92 Å². The average Bonchev–Trinajstić information content (AvgIpc) is 3.52. The number of β-amino-alcohol motifs (C(OH)–C–C–N with tert-alkyl or cyclic N) is 1. The fourth-order valence-corrected chi connectivity index (χ4v) is 5.23. The van der Waals surface area contributed by atoms with Gasteiger partial charge in [0.15, 0.2) is 5.65 Å². The van der Waals surface area contributed by atoms with Crippen LogP contribution in [-0.4, -0.2) is 69.0 Å². The molecule has 5 heterocycles. The third kappa shape index (κ3) is 3.61. The number of piperidine rings is 1. The first-order valence-corrected chi connectivity index (χ1v) is 11.6. The highest BCUT2D eigenvalue weighted by Crippen LogP contribution is 2.33. The maximum absolute atomic E-state index is 13.1. The number of hydrogen-bond donors (Lipinski definition) is 1. The summed E-state index contributed by atoms with van der Waals surface area (Å²) in [5.41, 5.74) is 4.14. The number of hydrogen-bond acceptors (Lipinski definition) is 7. The second-order valence-electron chi connectivity index (χ2n) is 8.25. The van der Waals surface area contributed by atoms with E-state index in [1.54, 1.807) is 22.9 Å². The van der Waals surface area contributed by atoms with Crippen molar-refractivity contribution in [3.63, 3.8) is 0 Å². The van der Waals surface area contributed by atoms with Crippen LogP contribution in [0.5, 0.6) is 0 Å². The number of aliphatic hydroxyl groups is 1. The number of likely N-dealkylation sites (tertiary alicyclic amines) is 1. The van der Waals surface area contributed by atoms with E-state index in [0.29, 0.717) is 13.1 Å². The van der Waals surface area contributed by atoms with E-state index in [9.17, 15) is 9.90 Å². The van der Waals surface area contributed by atoms with Gasteiger partial charge >= 0.3 is 0 Å². The number of anilines is 1. The van der Waals surface area contributed by atoms with E-state index in [1.807, 2.05) is 40.9 Å². The highest BCUT2D eigenvalue weighted by Gasteiger charge is 2.32. The number of fused-ring (bicyclic) bond motifs is 1. The highest BCUT2D eigenvalue weighted by atomic mass is 32.1. The van der Waals surface area contributed by atoms with Crippen molar-refractivity contribution in [1.29, 1.82) is 0 Å². The van der Waals surface area contributed by atoms with E-state index in [2.05, 4.69) is 9.89 Å². The Morgan fingerprint density at radius 2 is 2.23 bits per heavy atom. The van der Waals surface area contributed by atoms with Gasteiger partial charge in [-0.05, 0) is 37.6 Å². The predicted molar refractivity (Wildman–Crippen MR) is 121 cm³/mol. The Labute approximate surface area is 184 Å². The summed E-state index contributed by atoms with van der Waals surface area (Å²) in [4.78, 5) is 26.1. The summed E-state index contributed by atoms with van der Waals surface area (Å²) >= 11 is 1.54. The lowest BCUT2D eigenvalue weighted by Gasteiger charge is -2.34. The van der Waals surface area contributed by atoms with Crippen LogP contribution in [0.3, 0.4) is 0 Å². The Balaban J connectivity index is 1.47. The van der Waals surface area contributed by atoms with Crippen LogP contribution < -0.4 is 4.90 Å². The largest absolute Gasteiger partial charge is 0.385 e. The number of amides is 1. The molecule has 8 nitrogen and oxygen atoms in total. The molecule has 3 aromatic rings. The molecule has 162 valence electrons. The first kappa shape index (κ1) is 20.1. The first-order valence-electron chi connectivity index (χ1n) is 10.6. The predicted octanol–water partition coefficient (Wildman–Crippen LogP) is 2.72. The molecule has 0 aliphatic carbocycles. The molecular formula is C22H26N6O2S. The van der Waals surface area contributed by atoms with E-state index in [0.717, 1.165) is 59.8 Å². The molecule has 0 unspecified atom stereocenters. The van der Waals surface area contributed by atoms with Crippen LogP contribution in [0.1, 0.15) is 46.9 Å². The summed E-state index contributed by atoms with van der Waals surface area (Å²) in [5, 5.41) is 18.9. The van der Waals surface area contributed by atoms with Crippen molar-refractivity contribution in [2.24, 2.45) is 4.99 Å². The minimum atomic E-state index is -0.554. The zero-order chi connectivity index (χ0) is 21.5. The summed E-state index contributed by atoms with van der Waals surface area (Å²) in [5.74, 6) is 0.914. The molecule has 1 amide bonds. The Morgan fingerprint density at radius 1 is 1.35 bits per heavy atom. The van der Waals surface area contributed by atoms with E-state index in [-0.39, 0.29) is 11.9 Å². The molecule has 2 aliphatic rings. The molecule has 0 bridgehead atoms. The van der Waals surface area contributed by atoms with Crippen molar-refractivity contribution in [3.05, 3.63) is 45.9 Å². The van der Waals surface area contributed by atoms with Crippen molar-refractivity contribution in [1.82, 2.24) is 19.5 Å². The van der Waals surface area contributed by atoms with Crippen LogP contribution in [0.25, 0.3) is 5.65 Å². The lowest BCUT2D eigenvalue weighted by atomic mass is 9.98. The number of rotatable bonds is 3. The molecule has 31 heavy (non-hydrogen) atoms. The zero-order valence-electron chi connectivity index (χ0n) is 17.7. The summed E-state index contributed by atoms with van der Waals surface area (Å²) < 4.78 is 1.80. The lowest BCUT2D eigenvalue weighted by molar-refractivity contribution is 0.0606. The van der Waals surface area contributed by atoms with Gasteiger partial charge in [-0.3, -0.25) is 9.79 Å². The fourth-order valence-electron chi connectivity index (χ4n) is 4.60. The molecule has 9 heteroatoms. The van der Waals surface area contributed by atoms with Gasteiger partial charge < -0.3 is 14.9 Å². The SMILES string of the molecule is CN=C1CN(c2nc3cc([C@@H]4CCCCN4C(=O)c4ccsc4)nn3cc2C)C[C@@H]1O. The molecule has 5 rings (SSSR count). The second-order valence-corrected chi connectivity index (χ2v) is 9.03. The quantitative estimate of drug-likeness (QED) is 0.680. The molecule has 1 N–H and O–H groups in total. The van der Waals surface area contributed by atoms with Crippen molar-refractivity contribution < 1.29 is 9.90 Å². The van der Waals surface area contributed by atoms with E-state index < -0.39 is 6.10 Å². The summed E-state index contributed by atoms with van der Waals surface area (Å²) in [6.07, 6.45) is 4.42. The molecular weight excluding hydrogens is 412 g/mol. The van der Waals surface area contributed by atoms with Crippen molar-refractivity contribution in [2.75, 3.05) is 31.6 Å². The molecule has 2 saturated heterocycles. The number of thiophene rings is 1. The van der Waals surface area contributed by atoms with Gasteiger partial charge in [0, 0.05) is 36.8 Å². The van der Waals surface area contributed by atoms with Gasteiger partial charge in [0.05, 0.1) is 36.1 Å². The number of nitrogens with zero attached hydrogens (tertiary/aromatic N) is 6. The third-order valence-electron chi connectivity index (χ3n) is 6.21. The van der Waals surface area contributed by atoms with Crippen LogP contribution in [0.15, 0.2) is 34.1 Å². The van der Waals surface area contributed by atoms with Gasteiger partial charge in [-0.1, -0.05) is 0 Å². The minimum absolute atomic E-state index is 0.0426. The number of carbonyl (C=O) groups excluding carboxylic acids is 1. The fraction of sp³-hybridized carbons (Fsp3) is 0.455. The van der Waals surface area contributed by atoms with Crippen LogP contribution in [0.4, 0.5) is 5.82 Å². The summed E-state index contributed by atoms with van der Waals surface area (Å²) in [7, 11) is 1.71. The number of aromatic nitrogens is 3. The Kier molecular flexibility index (Phi) is 5.23. The van der Waals surface area contributed by atoms with E-state index in [4.69, 9.17) is 10.1 Å². The highest BCUT2D eigenvalue weighted by molar-refractivity contribution is 7.08. The van der Waals surface area contributed by atoms with Gasteiger partial charge in [-0.2, -0.15) is 16.4 Å². The smallest absolute Gasteiger partial charge is 0.255 e. The molecule has 2 aliphatic heterocycles. The minimum Gasteiger partial charge on any atom is -0.385 e. The standard InChI is InChI=1S/C22H26N6O2S/c1-14-10-28-20(24-21(14)26-11-17(23-2)19(29)12-26)9-16(25-28)18-5-3-4-7-27(18)22(30)15-6-8-31-13-15/h6,8-10,13,18-19,29H,3-5,7,11-12H2,1-2H3/t18-,19-/m0/s1. The third-order valence-corrected chi connectivity index (χ3v) is 6.90. The Bertz CT molecular complexity index is 1140. The number of aliphatic hydroxyl groups excluding tert-OH is 1. The molecule has 0 spiro atoms. The number of carbonyl (C=O) groups is 1. The second kappa shape index (κ2) is 8.05. The summed E-state index contributed by atoms with van der Waals surface area (Å²) in [6.45, 7) is 3.82. The molecule has 0 aromatic carbocycles. The zero-order valence-corrected chi connectivity index (χ0v) is 18.5. The van der Waals surface area contributed by atoms with Crippen LogP contribution in [0.2, 0.25) is 0 Å². The molecule has 0 saturated carbocycles. The van der Waals surface area contributed by atoms with Crippen LogP contribution >= 0.6 is 11.3 Å². The van der Waals surface area contributed by atoms with E-state index >= 15 is 0 Å². The van der Waals surface area contributed by atoms with Crippen molar-refractivity contribution in [2.45, 2.75) is 38.3 Å². The molecule has 0 radical (unpaired) electrons. The molecule has 2 fully saturated rings. The van der Waals surface area contributed by atoms with Crippen molar-refractivity contribution >= 4 is 34.4 Å². The summed E-state index contributed by atoms with van der Waals surface area (Å²) in [6, 6.07) is 3.84. The molecule has 3 aromatic heterocycles. The average molecular weight is 439 g/mol. The Hall–Kier alpha value is -2.78. The van der Waals surface area contributed by atoms with Gasteiger partial charge in [-0.25, -0.2) is 9.50 Å². The first-order chi connectivity index (χ1) is 15.0. The molecule has 2 atom stereocenters. The number of aryl methyl sites for hydroxylation is 1. The van der Waals surface area contributed by atoms with Gasteiger partial charge in [0.2, 0.25) is 0 Å². The topological polar surface area (TPSA) is 86.3 Å². The number of aliphatic imine (C=N–C) groups is 1. The van der Waals surface area contributed by atoms with Gasteiger partial charge in [0.25, 0.3) is 5.91 Å². The van der Waals surface area contributed by atoms with Gasteiger partial charge in [0.1, 0.15) is 11.9 Å². The van der Waals surface area contributed by atoms with E-state index in [1.165, 1.54) is 0 Å². The Morgan fingerprint density at radius 3 is 2.97 bits per heavy atom. The van der Waals surface area contributed by atoms with Crippen LogP contribution in [-0.2, 0) is 0 Å². The maximum Gasteiger partial charge on any atom is 0.255 e. The maximum atomic E-state index is 13.1. The van der Waals surface area contributed by atoms with Crippen molar-refractivity contribution in [3.8, 4) is 0 Å². The monoisotopic (exact) mass is 438 g/mol.